The molecule has 2 aromatic carbocycles. The highest BCUT2D eigenvalue weighted by Gasteiger charge is 2.21. The molecule has 47 heavy (non-hydrogen) atoms. The second kappa shape index (κ2) is 14.1. The van der Waals surface area contributed by atoms with Crippen LogP contribution in [0.5, 0.6) is 5.88 Å². The Bertz CT molecular complexity index is 1960. The van der Waals surface area contributed by atoms with Gasteiger partial charge in [-0.05, 0) is 31.5 Å². The number of nitrogens with two attached hydrogens (primary N) is 1. The van der Waals surface area contributed by atoms with E-state index in [0.717, 1.165) is 28.7 Å². The lowest BCUT2D eigenvalue weighted by Gasteiger charge is -2.15. The summed E-state index contributed by atoms with van der Waals surface area (Å²) in [4.78, 5) is 33.1. The van der Waals surface area contributed by atoms with Gasteiger partial charge in [-0.2, -0.15) is 5.10 Å². The summed E-state index contributed by atoms with van der Waals surface area (Å²) >= 11 is 14.1. The minimum absolute atomic E-state index is 0.0926. The first-order valence-corrected chi connectivity index (χ1v) is 16.0. The highest BCUT2D eigenvalue weighted by atomic mass is 35.5. The molecule has 0 saturated carbocycles. The van der Waals surface area contributed by atoms with Gasteiger partial charge in [-0.25, -0.2) is 14.5 Å². The summed E-state index contributed by atoms with van der Waals surface area (Å²) in [7, 11) is 1.59. The zero-order valence-corrected chi connectivity index (χ0v) is 27.4. The molecule has 1 fully saturated rings. The van der Waals surface area contributed by atoms with Gasteiger partial charge in [-0.15, -0.1) is 0 Å². The zero-order chi connectivity index (χ0) is 33.1. The van der Waals surface area contributed by atoms with Gasteiger partial charge < -0.3 is 26.4 Å². The van der Waals surface area contributed by atoms with E-state index in [0.29, 0.717) is 64.6 Å². The first-order chi connectivity index (χ1) is 22.7. The first-order valence-electron chi connectivity index (χ1n) is 15.2. The van der Waals surface area contributed by atoms with Gasteiger partial charge in [-0.1, -0.05) is 65.7 Å². The molecule has 6 rings (SSSR count). The molecule has 0 bridgehead atoms. The van der Waals surface area contributed by atoms with Gasteiger partial charge in [0.1, 0.15) is 5.69 Å². The Balaban J connectivity index is 1.25. The number of carbonyl (C=O) groups excluding carboxylic acids is 2. The fraction of sp³-hybridized carbons (Fsp3) is 0.265. The SMILES string of the molecule is COc1nc(-c2cccc(-c3cccc(-c4ccc5nc(C(=O)NC[C@H](C)N)cn5n4)c3Cl)c2Cl)ccc1CNC[C@@H]1CCC(=O)N1. The van der Waals surface area contributed by atoms with E-state index >= 15 is 0 Å². The van der Waals surface area contributed by atoms with Crippen molar-refractivity contribution >= 4 is 40.7 Å². The summed E-state index contributed by atoms with van der Waals surface area (Å²) in [6.45, 7) is 3.36. The van der Waals surface area contributed by atoms with Crippen LogP contribution in [0.15, 0.2) is 66.9 Å². The number of hydrogen-bond donors (Lipinski definition) is 4. The van der Waals surface area contributed by atoms with E-state index < -0.39 is 0 Å². The van der Waals surface area contributed by atoms with Gasteiger partial charge in [0.2, 0.25) is 11.8 Å². The predicted octanol–water partition coefficient (Wildman–Crippen LogP) is 4.89. The molecule has 13 heteroatoms. The molecule has 1 aliphatic rings. The Morgan fingerprint density at radius 1 is 1.02 bits per heavy atom. The quantitative estimate of drug-likeness (QED) is 0.155. The largest absolute Gasteiger partial charge is 0.481 e. The van der Waals surface area contributed by atoms with Crippen molar-refractivity contribution in [3.05, 3.63) is 88.2 Å². The Morgan fingerprint density at radius 2 is 1.70 bits per heavy atom. The second-order valence-corrected chi connectivity index (χ2v) is 12.2. The Hall–Kier alpha value is -4.55. The van der Waals surface area contributed by atoms with Gasteiger partial charge >= 0.3 is 0 Å². The van der Waals surface area contributed by atoms with Crippen molar-refractivity contribution in [3.8, 4) is 39.5 Å². The number of benzene rings is 2. The lowest BCUT2D eigenvalue weighted by molar-refractivity contribution is -0.119. The molecular weight excluding hydrogens is 639 g/mol. The van der Waals surface area contributed by atoms with E-state index in [1.807, 2.05) is 61.5 Å². The lowest BCUT2D eigenvalue weighted by Crippen LogP contribution is -2.35. The summed E-state index contributed by atoms with van der Waals surface area (Å²) in [5.41, 5.74) is 11.5. The van der Waals surface area contributed by atoms with Crippen molar-refractivity contribution in [2.45, 2.75) is 38.4 Å². The van der Waals surface area contributed by atoms with Crippen LogP contribution in [0.2, 0.25) is 10.0 Å². The number of imidazole rings is 1. The van der Waals surface area contributed by atoms with Crippen molar-refractivity contribution in [1.82, 2.24) is 35.5 Å². The van der Waals surface area contributed by atoms with Crippen LogP contribution in [0.3, 0.4) is 0 Å². The number of methoxy groups -OCH3 is 1. The van der Waals surface area contributed by atoms with Crippen LogP contribution < -0.4 is 26.4 Å². The van der Waals surface area contributed by atoms with Crippen LogP contribution in [0.4, 0.5) is 0 Å². The topological polar surface area (TPSA) is 149 Å². The average Bonchev–Trinajstić information content (AvgIpc) is 3.69. The number of carbonyl (C=O) groups is 2. The van der Waals surface area contributed by atoms with Crippen molar-refractivity contribution in [2.75, 3.05) is 20.2 Å². The van der Waals surface area contributed by atoms with Crippen LogP contribution in [0.1, 0.15) is 35.8 Å². The molecule has 0 radical (unpaired) electrons. The number of nitrogens with zero attached hydrogens (tertiary/aromatic N) is 4. The molecule has 3 aromatic heterocycles. The highest BCUT2D eigenvalue weighted by Crippen LogP contribution is 2.42. The molecule has 5 N–H and O–H groups in total. The zero-order valence-electron chi connectivity index (χ0n) is 25.9. The fourth-order valence-electron chi connectivity index (χ4n) is 5.50. The molecule has 242 valence electrons. The van der Waals surface area contributed by atoms with Crippen LogP contribution >= 0.6 is 23.2 Å². The fourth-order valence-corrected chi connectivity index (χ4v) is 6.15. The highest BCUT2D eigenvalue weighted by molar-refractivity contribution is 6.39. The monoisotopic (exact) mass is 672 g/mol. The third-order valence-electron chi connectivity index (χ3n) is 7.90. The van der Waals surface area contributed by atoms with E-state index in [-0.39, 0.29) is 29.6 Å². The number of halogens is 2. The molecule has 1 aliphatic heterocycles. The van der Waals surface area contributed by atoms with Crippen molar-refractivity contribution in [2.24, 2.45) is 5.73 Å². The molecule has 5 aromatic rings. The predicted molar refractivity (Wildman–Crippen MR) is 183 cm³/mol. The van der Waals surface area contributed by atoms with Crippen LogP contribution in [0, 0.1) is 0 Å². The Morgan fingerprint density at radius 3 is 2.36 bits per heavy atom. The molecule has 2 atom stereocenters. The van der Waals surface area contributed by atoms with E-state index in [1.165, 1.54) is 0 Å². The lowest BCUT2D eigenvalue weighted by atomic mass is 9.98. The molecule has 4 heterocycles. The van der Waals surface area contributed by atoms with Crippen LogP contribution in [0.25, 0.3) is 39.3 Å². The van der Waals surface area contributed by atoms with Crippen molar-refractivity contribution in [3.63, 3.8) is 0 Å². The maximum Gasteiger partial charge on any atom is 0.271 e. The number of hydrogen-bond acceptors (Lipinski definition) is 8. The van der Waals surface area contributed by atoms with Gasteiger partial charge in [0.25, 0.3) is 5.91 Å². The summed E-state index contributed by atoms with van der Waals surface area (Å²) in [6.07, 6.45) is 2.97. The number of fused-ring (bicyclic) bond motifs is 1. The summed E-state index contributed by atoms with van der Waals surface area (Å²) in [5.74, 6) is 0.260. The smallest absolute Gasteiger partial charge is 0.271 e. The average molecular weight is 674 g/mol. The molecule has 11 nitrogen and oxygen atoms in total. The van der Waals surface area contributed by atoms with Gasteiger partial charge in [0, 0.05) is 66.0 Å². The summed E-state index contributed by atoms with van der Waals surface area (Å²) < 4.78 is 7.18. The van der Waals surface area contributed by atoms with Crippen LogP contribution in [-0.2, 0) is 11.3 Å². The summed E-state index contributed by atoms with van der Waals surface area (Å²) in [6, 6.07) is 18.8. The Labute approximate surface area is 281 Å². The molecule has 0 spiro atoms. The summed E-state index contributed by atoms with van der Waals surface area (Å²) in [5, 5.41) is 14.8. The standard InChI is InChI=1S/C34H34Cl2N8O3/c1-19(37)15-39-33(46)28-18-44-29(41-28)13-12-27(43-44)25-8-4-6-23(32(25)36)22-5-3-7-24(31(22)35)26-11-9-20(34(42-26)47-2)16-38-17-21-10-14-30(45)40-21/h3-9,11-13,18-19,21,38H,10,14-17,37H2,1-2H3,(H,39,46)(H,40,45)/t19-,21-/m0/s1. The number of amides is 2. The van der Waals surface area contributed by atoms with E-state index in [2.05, 4.69) is 26.0 Å². The number of pyridine rings is 1. The number of nitrogens with one attached hydrogen (secondary N) is 3. The van der Waals surface area contributed by atoms with E-state index in [1.54, 1.807) is 23.9 Å². The molecular formula is C34H34Cl2N8O3. The first kappa shape index (κ1) is 32.4. The maximum absolute atomic E-state index is 12.5. The van der Waals surface area contributed by atoms with Crippen molar-refractivity contribution < 1.29 is 14.3 Å². The van der Waals surface area contributed by atoms with Gasteiger partial charge in [-0.3, -0.25) is 9.59 Å². The third kappa shape index (κ3) is 7.08. The second-order valence-electron chi connectivity index (χ2n) is 11.5. The number of rotatable bonds is 11. The Kier molecular flexibility index (Phi) is 9.69. The normalized spacial score (nSPS) is 15.1. The third-order valence-corrected chi connectivity index (χ3v) is 8.71. The molecule has 0 unspecified atom stereocenters. The number of ether oxygens (including phenoxy) is 1. The van der Waals surface area contributed by atoms with Crippen LogP contribution in [-0.4, -0.2) is 63.7 Å². The molecule has 2 amide bonds. The maximum atomic E-state index is 12.5. The van der Waals surface area contributed by atoms with E-state index in [9.17, 15) is 9.59 Å². The van der Waals surface area contributed by atoms with Gasteiger partial charge in [0.15, 0.2) is 5.65 Å². The molecule has 0 aliphatic carbocycles. The minimum atomic E-state index is -0.321. The van der Waals surface area contributed by atoms with Gasteiger partial charge in [0.05, 0.1) is 34.7 Å². The van der Waals surface area contributed by atoms with Crippen molar-refractivity contribution in [1.29, 1.82) is 0 Å². The molecule has 1 saturated heterocycles. The minimum Gasteiger partial charge on any atom is -0.481 e. The number of aromatic nitrogens is 4. The van der Waals surface area contributed by atoms with E-state index in [4.69, 9.17) is 38.7 Å².